The zero-order valence-corrected chi connectivity index (χ0v) is 18.0. The molecule has 4 aromatic rings. The van der Waals surface area contributed by atoms with E-state index < -0.39 is 11.2 Å². The molecule has 0 unspecified atom stereocenters. The Bertz CT molecular complexity index is 1480. The molecule has 0 aliphatic carbocycles. The lowest BCUT2D eigenvalue weighted by Crippen LogP contribution is -2.26. The highest BCUT2D eigenvalue weighted by Crippen LogP contribution is 2.38. The van der Waals surface area contributed by atoms with Crippen molar-refractivity contribution >= 4 is 33.6 Å². The van der Waals surface area contributed by atoms with E-state index in [4.69, 9.17) is 4.98 Å². The van der Waals surface area contributed by atoms with E-state index >= 15 is 0 Å². The molecular formula is C24H20FN7. The molecule has 4 heterocycles. The van der Waals surface area contributed by atoms with E-state index in [0.717, 1.165) is 36.2 Å². The van der Waals surface area contributed by atoms with Crippen molar-refractivity contribution in [1.82, 2.24) is 25.0 Å². The molecule has 7 nitrogen and oxygen atoms in total. The first kappa shape index (κ1) is 19.9. The van der Waals surface area contributed by atoms with Crippen molar-refractivity contribution in [2.75, 3.05) is 11.4 Å². The Morgan fingerprint density at radius 1 is 1.25 bits per heavy atom. The molecule has 0 fully saturated rings. The van der Waals surface area contributed by atoms with Gasteiger partial charge in [0.2, 0.25) is 5.65 Å². The summed E-state index contributed by atoms with van der Waals surface area (Å²) >= 11 is 0. The van der Waals surface area contributed by atoms with Crippen molar-refractivity contribution in [3.05, 3.63) is 47.4 Å². The molecule has 0 bridgehead atoms. The van der Waals surface area contributed by atoms with Crippen LogP contribution in [0.2, 0.25) is 0 Å². The number of aromatic nitrogens is 5. The Kier molecular flexibility index (Phi) is 4.53. The van der Waals surface area contributed by atoms with Gasteiger partial charge < -0.3 is 4.90 Å². The Morgan fingerprint density at radius 2 is 2.09 bits per heavy atom. The topological polar surface area (TPSA) is 83.5 Å². The smallest absolute Gasteiger partial charge is 0.206 e. The predicted octanol–water partition coefficient (Wildman–Crippen LogP) is 4.04. The van der Waals surface area contributed by atoms with Crippen LogP contribution in [0.5, 0.6) is 0 Å². The second kappa shape index (κ2) is 7.28. The standard InChI is InChI=1S/C24H20FN7/c1-24(2,14-26)10-9-15-6-4-8-19-17(15)7-5-11-32(19)23-18-12-16(25)13-27-20(18)21-22(28-23)29-30-31(21)3/h4,6,8,12-13H,5,7,11H2,1-3H3. The number of hydrogen-bond acceptors (Lipinski definition) is 6. The first-order chi connectivity index (χ1) is 15.4. The summed E-state index contributed by atoms with van der Waals surface area (Å²) in [4.78, 5) is 11.2. The highest BCUT2D eigenvalue weighted by atomic mass is 19.1. The van der Waals surface area contributed by atoms with Crippen molar-refractivity contribution in [2.45, 2.75) is 26.7 Å². The molecule has 1 aromatic carbocycles. The van der Waals surface area contributed by atoms with Crippen LogP contribution in [0.25, 0.3) is 22.1 Å². The Balaban J connectivity index is 1.73. The summed E-state index contributed by atoms with van der Waals surface area (Å²) in [5.41, 5.74) is 3.97. The number of hydrogen-bond donors (Lipinski definition) is 0. The number of pyridine rings is 2. The largest absolute Gasteiger partial charge is 0.325 e. The number of nitrogens with zero attached hydrogens (tertiary/aromatic N) is 7. The van der Waals surface area contributed by atoms with Gasteiger partial charge in [0.15, 0.2) is 0 Å². The van der Waals surface area contributed by atoms with Gasteiger partial charge in [-0.3, -0.25) is 4.98 Å². The zero-order chi connectivity index (χ0) is 22.5. The molecule has 0 saturated carbocycles. The molecule has 5 rings (SSSR count). The summed E-state index contributed by atoms with van der Waals surface area (Å²) in [6, 6.07) is 9.63. The van der Waals surface area contributed by atoms with E-state index in [9.17, 15) is 9.65 Å². The van der Waals surface area contributed by atoms with Crippen molar-refractivity contribution < 1.29 is 4.39 Å². The Hall–Kier alpha value is -4.04. The number of benzene rings is 1. The molecule has 8 heteroatoms. The molecule has 3 aromatic heterocycles. The highest BCUT2D eigenvalue weighted by Gasteiger charge is 2.25. The van der Waals surface area contributed by atoms with Gasteiger partial charge in [-0.25, -0.2) is 14.1 Å². The van der Waals surface area contributed by atoms with Gasteiger partial charge in [-0.15, -0.1) is 5.10 Å². The van der Waals surface area contributed by atoms with Crippen LogP contribution in [0.3, 0.4) is 0 Å². The minimum Gasteiger partial charge on any atom is -0.325 e. The summed E-state index contributed by atoms with van der Waals surface area (Å²) < 4.78 is 15.8. The zero-order valence-electron chi connectivity index (χ0n) is 18.0. The molecule has 32 heavy (non-hydrogen) atoms. The van der Waals surface area contributed by atoms with E-state index in [-0.39, 0.29) is 0 Å². The summed E-state index contributed by atoms with van der Waals surface area (Å²) in [5.74, 6) is 6.44. The molecule has 0 atom stereocenters. The van der Waals surface area contributed by atoms with Gasteiger partial charge >= 0.3 is 0 Å². The maximum Gasteiger partial charge on any atom is 0.206 e. The van der Waals surface area contributed by atoms with E-state index in [2.05, 4.69) is 38.1 Å². The van der Waals surface area contributed by atoms with E-state index in [0.29, 0.717) is 27.9 Å². The monoisotopic (exact) mass is 425 g/mol. The third-order valence-corrected chi connectivity index (χ3v) is 5.64. The maximum atomic E-state index is 14.2. The minimum absolute atomic E-state index is 0.425. The fraction of sp³-hybridized carbons (Fsp3) is 0.292. The second-order valence-corrected chi connectivity index (χ2v) is 8.42. The number of fused-ring (bicyclic) bond motifs is 4. The third-order valence-electron chi connectivity index (χ3n) is 5.64. The number of nitriles is 1. The van der Waals surface area contributed by atoms with Crippen LogP contribution < -0.4 is 4.90 Å². The average molecular weight is 425 g/mol. The molecule has 0 N–H and O–H groups in total. The van der Waals surface area contributed by atoms with Gasteiger partial charge in [-0.1, -0.05) is 23.1 Å². The second-order valence-electron chi connectivity index (χ2n) is 8.42. The number of halogens is 1. The van der Waals surface area contributed by atoms with Crippen molar-refractivity contribution in [1.29, 1.82) is 5.26 Å². The molecule has 158 valence electrons. The summed E-state index contributed by atoms with van der Waals surface area (Å²) in [5, 5.41) is 18.2. The highest BCUT2D eigenvalue weighted by molar-refractivity contribution is 6.06. The van der Waals surface area contributed by atoms with Gasteiger partial charge in [0.1, 0.15) is 28.1 Å². The quantitative estimate of drug-likeness (QED) is 0.428. The number of aryl methyl sites for hydroxylation is 1. The number of anilines is 2. The van der Waals surface area contributed by atoms with Crippen molar-refractivity contribution in [3.63, 3.8) is 0 Å². The minimum atomic E-state index is -0.727. The Morgan fingerprint density at radius 3 is 2.91 bits per heavy atom. The van der Waals surface area contributed by atoms with Crippen molar-refractivity contribution in [3.8, 4) is 17.9 Å². The Labute approximate surface area is 184 Å². The molecule has 0 spiro atoms. The van der Waals surface area contributed by atoms with Crippen molar-refractivity contribution in [2.24, 2.45) is 12.5 Å². The molecule has 1 aliphatic heterocycles. The van der Waals surface area contributed by atoms with Gasteiger partial charge in [0.25, 0.3) is 0 Å². The first-order valence-electron chi connectivity index (χ1n) is 10.4. The molecule has 0 radical (unpaired) electrons. The van der Waals surface area contributed by atoms with Crippen LogP contribution in [-0.2, 0) is 13.5 Å². The lowest BCUT2D eigenvalue weighted by Gasteiger charge is -2.31. The lowest BCUT2D eigenvalue weighted by molar-refractivity contribution is 0.624. The van der Waals surface area contributed by atoms with E-state index in [1.165, 1.54) is 12.3 Å². The third kappa shape index (κ3) is 3.21. The molecule has 0 amide bonds. The molecule has 1 aliphatic rings. The van der Waals surface area contributed by atoms with Crippen LogP contribution in [0.4, 0.5) is 15.9 Å². The predicted molar refractivity (Wildman–Crippen MR) is 120 cm³/mol. The molecule has 0 saturated heterocycles. The van der Waals surface area contributed by atoms with Gasteiger partial charge in [-0.05, 0) is 50.5 Å². The van der Waals surface area contributed by atoms with Gasteiger partial charge in [0, 0.05) is 30.2 Å². The van der Waals surface area contributed by atoms with E-state index in [1.54, 1.807) is 25.6 Å². The average Bonchev–Trinajstić information content (AvgIpc) is 3.17. The maximum absolute atomic E-state index is 14.2. The normalized spacial score (nSPS) is 13.5. The first-order valence-corrected chi connectivity index (χ1v) is 10.4. The van der Waals surface area contributed by atoms with Crippen LogP contribution in [0, 0.1) is 34.4 Å². The number of rotatable bonds is 1. The summed E-state index contributed by atoms with van der Waals surface area (Å²) in [7, 11) is 1.77. The summed E-state index contributed by atoms with van der Waals surface area (Å²) in [6.07, 6.45) is 2.95. The van der Waals surface area contributed by atoms with E-state index in [1.807, 2.05) is 18.2 Å². The summed E-state index contributed by atoms with van der Waals surface area (Å²) in [6.45, 7) is 4.32. The molecular weight excluding hydrogens is 405 g/mol. The van der Waals surface area contributed by atoms with Crippen LogP contribution >= 0.6 is 0 Å². The SMILES string of the molecule is Cn1nnc2nc(N3CCCc4c(C#CC(C)(C)C#N)cccc43)c3cc(F)cnc3c21. The van der Waals surface area contributed by atoms with Gasteiger partial charge in [0.05, 0.1) is 12.3 Å². The fourth-order valence-corrected chi connectivity index (χ4v) is 4.06. The van der Waals surface area contributed by atoms with Crippen LogP contribution in [-0.4, -0.2) is 31.5 Å². The van der Waals surface area contributed by atoms with Crippen LogP contribution in [0.1, 0.15) is 31.4 Å². The fourth-order valence-electron chi connectivity index (χ4n) is 4.06. The van der Waals surface area contributed by atoms with Crippen LogP contribution in [0.15, 0.2) is 30.5 Å². The van der Waals surface area contributed by atoms with Gasteiger partial charge in [-0.2, -0.15) is 5.26 Å². The lowest BCUT2D eigenvalue weighted by atomic mass is 9.93.